The molecule has 17 heavy (non-hydrogen) atoms. The highest BCUT2D eigenvalue weighted by Crippen LogP contribution is 2.29. The summed E-state index contributed by atoms with van der Waals surface area (Å²) < 4.78 is 0. The summed E-state index contributed by atoms with van der Waals surface area (Å²) >= 11 is 11.9. The fourth-order valence-electron chi connectivity index (χ4n) is 1.24. The summed E-state index contributed by atoms with van der Waals surface area (Å²) in [7, 11) is 0. The van der Waals surface area contributed by atoms with Crippen LogP contribution in [0.15, 0.2) is 30.9 Å². The van der Waals surface area contributed by atoms with Gasteiger partial charge in [-0.15, -0.1) is 6.58 Å². The fraction of sp³-hybridized carbons (Fsp3) is 0.250. The summed E-state index contributed by atoms with van der Waals surface area (Å²) in [5.41, 5.74) is 0.639. The van der Waals surface area contributed by atoms with Gasteiger partial charge in [0.15, 0.2) is 0 Å². The Morgan fingerprint density at radius 2 is 2.24 bits per heavy atom. The lowest BCUT2D eigenvalue weighted by Crippen LogP contribution is -2.37. The first-order valence-corrected chi connectivity index (χ1v) is 5.91. The lowest BCUT2D eigenvalue weighted by molar-refractivity contribution is -0.121. The van der Waals surface area contributed by atoms with Gasteiger partial charge in [0, 0.05) is 6.54 Å². The van der Waals surface area contributed by atoms with Crippen molar-refractivity contribution in [2.45, 2.75) is 13.0 Å². The van der Waals surface area contributed by atoms with E-state index in [1.807, 2.05) is 0 Å². The Balaban J connectivity index is 2.67. The highest BCUT2D eigenvalue weighted by Gasteiger charge is 2.13. The fourth-order valence-corrected chi connectivity index (χ4v) is 1.60. The molecule has 0 aliphatic carbocycles. The Bertz CT molecular complexity index is 421. The summed E-state index contributed by atoms with van der Waals surface area (Å²) in [5.74, 6) is -0.124. The zero-order valence-corrected chi connectivity index (χ0v) is 11.0. The maximum atomic E-state index is 11.6. The minimum Gasteiger partial charge on any atom is -0.373 e. The number of rotatable bonds is 5. The third kappa shape index (κ3) is 3.95. The second-order valence-electron chi connectivity index (χ2n) is 3.50. The van der Waals surface area contributed by atoms with Crippen LogP contribution < -0.4 is 10.6 Å². The van der Waals surface area contributed by atoms with Crippen LogP contribution in [0.2, 0.25) is 10.0 Å². The SMILES string of the molecule is C=CCNC(=O)C(C)Nc1cccc(Cl)c1Cl. The molecule has 3 nitrogen and oxygen atoms in total. The summed E-state index contributed by atoms with van der Waals surface area (Å²) in [6.45, 7) is 5.71. The third-order valence-electron chi connectivity index (χ3n) is 2.14. The van der Waals surface area contributed by atoms with Crippen molar-refractivity contribution in [3.63, 3.8) is 0 Å². The number of nitrogens with one attached hydrogen (secondary N) is 2. The molecule has 0 bridgehead atoms. The average Bonchev–Trinajstić information content (AvgIpc) is 2.31. The molecule has 0 aliphatic rings. The van der Waals surface area contributed by atoms with Gasteiger partial charge in [0.25, 0.3) is 0 Å². The molecule has 1 aromatic rings. The Morgan fingerprint density at radius 1 is 1.53 bits per heavy atom. The number of carbonyl (C=O) groups is 1. The van der Waals surface area contributed by atoms with Crippen molar-refractivity contribution in [1.29, 1.82) is 0 Å². The van der Waals surface area contributed by atoms with Crippen LogP contribution in [-0.2, 0) is 4.79 Å². The third-order valence-corrected chi connectivity index (χ3v) is 2.96. The molecular formula is C12H14Cl2N2O. The van der Waals surface area contributed by atoms with Gasteiger partial charge in [0.2, 0.25) is 5.91 Å². The molecule has 5 heteroatoms. The van der Waals surface area contributed by atoms with E-state index in [0.29, 0.717) is 22.3 Å². The Hall–Kier alpha value is -1.19. The Labute approximate surface area is 111 Å². The first-order chi connectivity index (χ1) is 8.06. The van der Waals surface area contributed by atoms with E-state index in [1.54, 1.807) is 31.2 Å². The van der Waals surface area contributed by atoms with Crippen molar-refractivity contribution in [2.75, 3.05) is 11.9 Å². The van der Waals surface area contributed by atoms with E-state index in [9.17, 15) is 4.79 Å². The van der Waals surface area contributed by atoms with E-state index in [1.165, 1.54) is 0 Å². The molecule has 1 amide bonds. The minimum atomic E-state index is -0.397. The van der Waals surface area contributed by atoms with Crippen LogP contribution in [0.1, 0.15) is 6.92 Å². The predicted octanol–water partition coefficient (Wildman–Crippen LogP) is 3.10. The number of hydrogen-bond acceptors (Lipinski definition) is 2. The first-order valence-electron chi connectivity index (χ1n) is 5.15. The average molecular weight is 273 g/mol. The lowest BCUT2D eigenvalue weighted by Gasteiger charge is -2.16. The van der Waals surface area contributed by atoms with E-state index in [0.717, 1.165) is 0 Å². The van der Waals surface area contributed by atoms with Gasteiger partial charge in [0.1, 0.15) is 6.04 Å². The van der Waals surface area contributed by atoms with E-state index >= 15 is 0 Å². The molecule has 0 saturated carbocycles. The highest BCUT2D eigenvalue weighted by molar-refractivity contribution is 6.43. The number of halogens is 2. The van der Waals surface area contributed by atoms with Crippen LogP contribution in [0.3, 0.4) is 0 Å². The lowest BCUT2D eigenvalue weighted by atomic mass is 10.2. The van der Waals surface area contributed by atoms with Crippen LogP contribution in [-0.4, -0.2) is 18.5 Å². The van der Waals surface area contributed by atoms with E-state index in [2.05, 4.69) is 17.2 Å². The van der Waals surface area contributed by atoms with Crippen LogP contribution in [0.4, 0.5) is 5.69 Å². The number of benzene rings is 1. The largest absolute Gasteiger partial charge is 0.373 e. The maximum absolute atomic E-state index is 11.6. The zero-order valence-electron chi connectivity index (χ0n) is 9.47. The molecule has 0 aromatic heterocycles. The molecule has 0 heterocycles. The van der Waals surface area contributed by atoms with Gasteiger partial charge >= 0.3 is 0 Å². The van der Waals surface area contributed by atoms with Crippen LogP contribution in [0.5, 0.6) is 0 Å². The number of anilines is 1. The summed E-state index contributed by atoms with van der Waals surface area (Å²) in [4.78, 5) is 11.6. The van der Waals surface area contributed by atoms with E-state index < -0.39 is 6.04 Å². The van der Waals surface area contributed by atoms with Crippen molar-refractivity contribution in [3.8, 4) is 0 Å². The van der Waals surface area contributed by atoms with Crippen molar-refractivity contribution in [3.05, 3.63) is 40.9 Å². The van der Waals surface area contributed by atoms with Gasteiger partial charge in [-0.1, -0.05) is 35.3 Å². The normalized spacial score (nSPS) is 11.7. The molecule has 0 fully saturated rings. The monoisotopic (exact) mass is 272 g/mol. The molecule has 2 N–H and O–H groups in total. The molecule has 1 unspecified atom stereocenters. The Kier molecular flexibility index (Phi) is 5.32. The van der Waals surface area contributed by atoms with Gasteiger partial charge in [0.05, 0.1) is 15.7 Å². The maximum Gasteiger partial charge on any atom is 0.242 e. The predicted molar refractivity (Wildman–Crippen MR) is 72.8 cm³/mol. The molecule has 0 radical (unpaired) electrons. The second kappa shape index (κ2) is 6.52. The number of carbonyl (C=O) groups excluding carboxylic acids is 1. The van der Waals surface area contributed by atoms with Gasteiger partial charge in [-0.25, -0.2) is 0 Å². The standard InChI is InChI=1S/C12H14Cl2N2O/c1-3-7-15-12(17)8(2)16-10-6-4-5-9(13)11(10)14/h3-6,8,16H,1,7H2,2H3,(H,15,17). The van der Waals surface area contributed by atoms with Crippen LogP contribution in [0, 0.1) is 0 Å². The van der Waals surface area contributed by atoms with Gasteiger partial charge in [-0.3, -0.25) is 4.79 Å². The summed E-state index contributed by atoms with van der Waals surface area (Å²) in [5, 5.41) is 6.56. The molecule has 0 aliphatic heterocycles. The van der Waals surface area contributed by atoms with E-state index in [4.69, 9.17) is 23.2 Å². The molecule has 0 spiro atoms. The summed E-state index contributed by atoms with van der Waals surface area (Å²) in [6.07, 6.45) is 1.62. The van der Waals surface area contributed by atoms with Crippen molar-refractivity contribution >= 4 is 34.8 Å². The van der Waals surface area contributed by atoms with Crippen molar-refractivity contribution < 1.29 is 4.79 Å². The number of hydrogen-bond donors (Lipinski definition) is 2. The van der Waals surface area contributed by atoms with E-state index in [-0.39, 0.29) is 5.91 Å². The molecule has 0 saturated heterocycles. The highest BCUT2D eigenvalue weighted by atomic mass is 35.5. The topological polar surface area (TPSA) is 41.1 Å². The van der Waals surface area contributed by atoms with Gasteiger partial charge in [-0.05, 0) is 19.1 Å². The molecule has 92 valence electrons. The number of amides is 1. The Morgan fingerprint density at radius 3 is 2.88 bits per heavy atom. The van der Waals surface area contributed by atoms with Gasteiger partial charge < -0.3 is 10.6 Å². The second-order valence-corrected chi connectivity index (χ2v) is 4.29. The molecule has 1 aromatic carbocycles. The molecule has 1 rings (SSSR count). The zero-order chi connectivity index (χ0) is 12.8. The van der Waals surface area contributed by atoms with Crippen molar-refractivity contribution in [1.82, 2.24) is 5.32 Å². The van der Waals surface area contributed by atoms with Crippen molar-refractivity contribution in [2.24, 2.45) is 0 Å². The molecular weight excluding hydrogens is 259 g/mol. The summed E-state index contributed by atoms with van der Waals surface area (Å²) in [6, 6.07) is 4.83. The smallest absolute Gasteiger partial charge is 0.242 e. The quantitative estimate of drug-likeness (QED) is 0.809. The van der Waals surface area contributed by atoms with Crippen LogP contribution >= 0.6 is 23.2 Å². The van der Waals surface area contributed by atoms with Gasteiger partial charge in [-0.2, -0.15) is 0 Å². The molecule has 1 atom stereocenters. The minimum absolute atomic E-state index is 0.124. The first kappa shape index (κ1) is 13.9. The van der Waals surface area contributed by atoms with Crippen LogP contribution in [0.25, 0.3) is 0 Å².